The Hall–Kier alpha value is -4.31. The number of non-ortho nitro benzene ring substituents is 1. The Kier molecular flexibility index (Phi) is 6.82. The van der Waals surface area contributed by atoms with E-state index in [1.54, 1.807) is 19.4 Å². The number of carbonyl (C=O) groups is 1. The first-order valence-corrected chi connectivity index (χ1v) is 12.1. The van der Waals surface area contributed by atoms with Gasteiger partial charge in [-0.3, -0.25) is 24.6 Å². The maximum Gasteiger partial charge on any atom is 0.271 e. The summed E-state index contributed by atoms with van der Waals surface area (Å²) in [6.45, 7) is 3.22. The summed E-state index contributed by atoms with van der Waals surface area (Å²) in [5, 5.41) is 14.8. The summed E-state index contributed by atoms with van der Waals surface area (Å²) in [6.07, 6.45) is 2.65. The molecule has 0 spiro atoms. The average Bonchev–Trinajstić information content (AvgIpc) is 2.89. The minimum Gasteiger partial charge on any atom is -0.496 e. The Bertz CT molecular complexity index is 1420. The fourth-order valence-electron chi connectivity index (χ4n) is 5.33. The molecule has 1 saturated heterocycles. The van der Waals surface area contributed by atoms with Crippen LogP contribution in [0.2, 0.25) is 0 Å². The number of benzene rings is 2. The van der Waals surface area contributed by atoms with Crippen molar-refractivity contribution in [3.63, 3.8) is 0 Å². The number of nitrogens with zero attached hydrogens (tertiary/aromatic N) is 4. The summed E-state index contributed by atoms with van der Waals surface area (Å²) in [5.74, 6) is 1.07. The van der Waals surface area contributed by atoms with Crippen LogP contribution in [0.4, 0.5) is 5.69 Å². The number of pyridine rings is 1. The molecule has 190 valence electrons. The van der Waals surface area contributed by atoms with E-state index in [1.165, 1.54) is 24.3 Å². The smallest absolute Gasteiger partial charge is 0.271 e. The average molecular weight is 502 g/mol. The molecule has 0 aliphatic carbocycles. The summed E-state index contributed by atoms with van der Waals surface area (Å²) in [6, 6.07) is 16.6. The van der Waals surface area contributed by atoms with Gasteiger partial charge in [0.25, 0.3) is 17.2 Å². The summed E-state index contributed by atoms with van der Waals surface area (Å²) >= 11 is 0. The number of aromatic nitrogens is 1. The van der Waals surface area contributed by atoms with Crippen LogP contribution < -0.4 is 15.7 Å². The van der Waals surface area contributed by atoms with Gasteiger partial charge in [0.2, 0.25) is 0 Å². The van der Waals surface area contributed by atoms with Gasteiger partial charge in [0.05, 0.1) is 18.2 Å². The maximum absolute atomic E-state index is 12.3. The van der Waals surface area contributed by atoms with Gasteiger partial charge >= 0.3 is 0 Å². The topological polar surface area (TPSA) is 119 Å². The van der Waals surface area contributed by atoms with Crippen molar-refractivity contribution in [3.05, 3.63) is 104 Å². The lowest BCUT2D eigenvalue weighted by molar-refractivity contribution is -0.384. The predicted octanol–water partition coefficient (Wildman–Crippen LogP) is 3.15. The molecule has 0 saturated carbocycles. The third-order valence-corrected chi connectivity index (χ3v) is 6.97. The molecule has 2 aromatic carbocycles. The second-order valence-electron chi connectivity index (χ2n) is 9.47. The third-order valence-electron chi connectivity index (χ3n) is 6.97. The molecular formula is C27H27N5O5. The number of ether oxygens (including phenoxy) is 1. The number of carbonyl (C=O) groups excluding carboxylic acids is 1. The van der Waals surface area contributed by atoms with E-state index in [1.807, 2.05) is 28.8 Å². The quantitative estimate of drug-likeness (QED) is 0.302. The van der Waals surface area contributed by atoms with Crippen molar-refractivity contribution in [1.82, 2.24) is 14.9 Å². The lowest BCUT2D eigenvalue weighted by atomic mass is 9.83. The van der Waals surface area contributed by atoms with Crippen molar-refractivity contribution in [1.29, 1.82) is 0 Å². The zero-order chi connectivity index (χ0) is 25.9. The molecule has 10 nitrogen and oxygen atoms in total. The predicted molar refractivity (Wildman–Crippen MR) is 138 cm³/mol. The van der Waals surface area contributed by atoms with E-state index in [9.17, 15) is 19.7 Å². The van der Waals surface area contributed by atoms with Crippen molar-refractivity contribution in [2.24, 2.45) is 11.0 Å². The van der Waals surface area contributed by atoms with Gasteiger partial charge in [-0.1, -0.05) is 6.07 Å². The summed E-state index contributed by atoms with van der Waals surface area (Å²) in [5.41, 5.74) is 5.66. The number of piperidine rings is 1. The zero-order valence-electron chi connectivity index (χ0n) is 20.4. The first kappa shape index (κ1) is 24.4. The van der Waals surface area contributed by atoms with Gasteiger partial charge in [-0.05, 0) is 54.3 Å². The Morgan fingerprint density at radius 2 is 1.97 bits per heavy atom. The Morgan fingerprint density at radius 3 is 2.73 bits per heavy atom. The molecule has 3 heterocycles. The van der Waals surface area contributed by atoms with Gasteiger partial charge in [-0.15, -0.1) is 0 Å². The van der Waals surface area contributed by atoms with Crippen LogP contribution in [0.3, 0.4) is 0 Å². The van der Waals surface area contributed by atoms with E-state index < -0.39 is 10.8 Å². The molecule has 2 bridgehead atoms. The highest BCUT2D eigenvalue weighted by atomic mass is 16.6. The SMILES string of the molecule is COc1ccc(/C=N/NC(=O)c2ccc([N+](=O)[O-])cc2)cc1CN1C[C@H]2C[C@@H](C1)c1cccc(=O)n1C2. The van der Waals surface area contributed by atoms with E-state index in [4.69, 9.17) is 4.74 Å². The molecule has 37 heavy (non-hydrogen) atoms. The van der Waals surface area contributed by atoms with Crippen LogP contribution in [-0.4, -0.2) is 46.7 Å². The van der Waals surface area contributed by atoms with E-state index in [0.717, 1.165) is 48.6 Å². The highest BCUT2D eigenvalue weighted by molar-refractivity contribution is 5.95. The summed E-state index contributed by atoms with van der Waals surface area (Å²) < 4.78 is 7.53. The lowest BCUT2D eigenvalue weighted by Crippen LogP contribution is -2.46. The molecule has 2 atom stereocenters. The summed E-state index contributed by atoms with van der Waals surface area (Å²) in [4.78, 5) is 37.3. The minimum absolute atomic E-state index is 0.0787. The van der Waals surface area contributed by atoms with Crippen molar-refractivity contribution in [2.45, 2.75) is 25.4 Å². The van der Waals surface area contributed by atoms with E-state index >= 15 is 0 Å². The number of hydrazone groups is 1. The molecule has 1 amide bonds. The van der Waals surface area contributed by atoms with Crippen LogP contribution >= 0.6 is 0 Å². The first-order chi connectivity index (χ1) is 17.9. The minimum atomic E-state index is -0.516. The molecule has 1 aromatic heterocycles. The zero-order valence-corrected chi connectivity index (χ0v) is 20.4. The van der Waals surface area contributed by atoms with Gasteiger partial charge in [0.1, 0.15) is 5.75 Å². The molecule has 0 radical (unpaired) electrons. The van der Waals surface area contributed by atoms with E-state index in [-0.39, 0.29) is 16.8 Å². The van der Waals surface area contributed by atoms with Gasteiger partial charge in [0.15, 0.2) is 0 Å². The number of amides is 1. The first-order valence-electron chi connectivity index (χ1n) is 12.1. The van der Waals surface area contributed by atoms with Gasteiger partial charge in [0, 0.05) is 67.1 Å². The van der Waals surface area contributed by atoms with Crippen LogP contribution in [0, 0.1) is 16.0 Å². The van der Waals surface area contributed by atoms with Crippen LogP contribution in [0.1, 0.15) is 39.5 Å². The van der Waals surface area contributed by atoms with Crippen molar-refractivity contribution in [3.8, 4) is 5.75 Å². The normalized spacial score (nSPS) is 18.8. The number of hydrogen-bond donors (Lipinski definition) is 1. The fraction of sp³-hybridized carbons (Fsp3) is 0.296. The number of likely N-dealkylation sites (tertiary alicyclic amines) is 1. The fourth-order valence-corrected chi connectivity index (χ4v) is 5.33. The monoisotopic (exact) mass is 501 g/mol. The maximum atomic E-state index is 12.3. The highest BCUT2D eigenvalue weighted by Gasteiger charge is 2.34. The number of fused-ring (bicyclic) bond motifs is 4. The van der Waals surface area contributed by atoms with Crippen molar-refractivity contribution in [2.75, 3.05) is 20.2 Å². The summed E-state index contributed by atoms with van der Waals surface area (Å²) in [7, 11) is 1.64. The van der Waals surface area contributed by atoms with Crippen LogP contribution in [0.5, 0.6) is 5.75 Å². The third kappa shape index (κ3) is 5.29. The molecular weight excluding hydrogens is 474 g/mol. The second-order valence-corrected chi connectivity index (χ2v) is 9.47. The Morgan fingerprint density at radius 1 is 1.16 bits per heavy atom. The van der Waals surface area contributed by atoms with Gasteiger partial charge in [-0.2, -0.15) is 5.10 Å². The molecule has 0 unspecified atom stereocenters. The van der Waals surface area contributed by atoms with Gasteiger partial charge in [-0.25, -0.2) is 5.43 Å². The van der Waals surface area contributed by atoms with E-state index in [0.29, 0.717) is 18.4 Å². The van der Waals surface area contributed by atoms with Crippen LogP contribution in [-0.2, 0) is 13.1 Å². The largest absolute Gasteiger partial charge is 0.496 e. The number of nitro groups is 1. The van der Waals surface area contributed by atoms with Gasteiger partial charge < -0.3 is 9.30 Å². The molecule has 5 rings (SSSR count). The molecule has 2 aliphatic heterocycles. The number of nitrogens with one attached hydrogen (secondary N) is 1. The Balaban J connectivity index is 1.26. The number of nitro benzene ring substituents is 1. The number of rotatable bonds is 7. The Labute approximate surface area is 213 Å². The molecule has 1 N–H and O–H groups in total. The van der Waals surface area contributed by atoms with Crippen LogP contribution in [0.25, 0.3) is 0 Å². The molecule has 2 aliphatic rings. The van der Waals surface area contributed by atoms with E-state index in [2.05, 4.69) is 21.5 Å². The number of hydrogen-bond acceptors (Lipinski definition) is 7. The second kappa shape index (κ2) is 10.4. The number of methoxy groups -OCH3 is 1. The standard InChI is InChI=1S/C27H27N5O5/c1-37-25-10-5-18(13-28-29-27(34)20-6-8-23(9-7-20)32(35)36)11-22(25)17-30-14-19-12-21(16-30)24-3-2-4-26(33)31(24)15-19/h2-11,13,19,21H,12,14-17H2,1H3,(H,29,34)/b28-13+/t19-,21+/m1/s1. The molecule has 1 fully saturated rings. The lowest BCUT2D eigenvalue weighted by Gasteiger charge is -2.42. The highest BCUT2D eigenvalue weighted by Crippen LogP contribution is 2.36. The molecule has 10 heteroatoms. The van der Waals surface area contributed by atoms with Crippen molar-refractivity contribution >= 4 is 17.8 Å². The molecule has 3 aromatic rings. The van der Waals surface area contributed by atoms with Crippen LogP contribution in [0.15, 0.2) is 70.6 Å². The van der Waals surface area contributed by atoms with Crippen molar-refractivity contribution < 1.29 is 14.5 Å².